The van der Waals surface area contributed by atoms with Crippen LogP contribution in [0, 0.1) is 13.8 Å². The number of carboxylic acid groups (broad SMARTS) is 1. The molecule has 0 amide bonds. The number of ether oxygens (including phenoxy) is 1. The molecule has 0 bridgehead atoms. The second kappa shape index (κ2) is 6.33. The lowest BCUT2D eigenvalue weighted by molar-refractivity contribution is -0.139. The van der Waals surface area contributed by atoms with Gasteiger partial charge in [-0.05, 0) is 20.3 Å². The summed E-state index contributed by atoms with van der Waals surface area (Å²) in [6.45, 7) is 3.32. The normalized spacial score (nSPS) is 13.4. The number of rotatable bonds is 7. The monoisotopic (exact) mass is 305 g/mol. The zero-order valence-electron chi connectivity index (χ0n) is 11.9. The Balaban J connectivity index is 3.07. The molecule has 0 radical (unpaired) electrons. The molecule has 1 aromatic rings. The summed E-state index contributed by atoms with van der Waals surface area (Å²) in [6, 6.07) is -1.24. The van der Waals surface area contributed by atoms with E-state index in [0.717, 1.165) is 0 Å². The number of aromatic nitrogens is 2. The Morgan fingerprint density at radius 3 is 2.50 bits per heavy atom. The van der Waals surface area contributed by atoms with Crippen molar-refractivity contribution < 1.29 is 23.1 Å². The number of sulfonamides is 1. The molecule has 0 saturated carbocycles. The third kappa shape index (κ3) is 3.56. The van der Waals surface area contributed by atoms with Gasteiger partial charge in [0.25, 0.3) is 0 Å². The van der Waals surface area contributed by atoms with Crippen molar-refractivity contribution in [1.82, 2.24) is 14.5 Å². The van der Waals surface area contributed by atoms with Crippen LogP contribution in [0.1, 0.15) is 17.8 Å². The first kappa shape index (κ1) is 16.6. The minimum Gasteiger partial charge on any atom is -0.480 e. The molecule has 0 aliphatic rings. The van der Waals surface area contributed by atoms with Crippen LogP contribution in [0.4, 0.5) is 0 Å². The molecule has 1 unspecified atom stereocenters. The van der Waals surface area contributed by atoms with Gasteiger partial charge in [0.2, 0.25) is 10.0 Å². The number of methoxy groups -OCH3 is 1. The van der Waals surface area contributed by atoms with Crippen LogP contribution in [0.5, 0.6) is 0 Å². The molecular formula is C11H19N3O5S. The Morgan fingerprint density at radius 2 is 2.10 bits per heavy atom. The zero-order valence-corrected chi connectivity index (χ0v) is 12.7. The van der Waals surface area contributed by atoms with E-state index in [1.807, 2.05) is 0 Å². The van der Waals surface area contributed by atoms with Gasteiger partial charge in [-0.2, -0.15) is 9.82 Å². The number of hydrogen-bond acceptors (Lipinski definition) is 5. The summed E-state index contributed by atoms with van der Waals surface area (Å²) < 4.78 is 33.0. The van der Waals surface area contributed by atoms with Gasteiger partial charge < -0.3 is 9.84 Å². The van der Waals surface area contributed by atoms with E-state index < -0.39 is 22.0 Å². The number of hydrogen-bond donors (Lipinski definition) is 2. The first-order valence-corrected chi connectivity index (χ1v) is 7.43. The molecule has 0 aromatic carbocycles. The summed E-state index contributed by atoms with van der Waals surface area (Å²) in [6.07, 6.45) is 0.0451. The van der Waals surface area contributed by atoms with Crippen LogP contribution < -0.4 is 4.72 Å². The highest BCUT2D eigenvalue weighted by Crippen LogP contribution is 2.19. The number of aryl methyl sites for hydroxylation is 2. The van der Waals surface area contributed by atoms with Gasteiger partial charge in [0.15, 0.2) is 0 Å². The molecule has 0 fully saturated rings. The first-order valence-electron chi connectivity index (χ1n) is 5.95. The minimum atomic E-state index is -3.95. The van der Waals surface area contributed by atoms with Crippen LogP contribution in [0.15, 0.2) is 4.90 Å². The van der Waals surface area contributed by atoms with Crippen LogP contribution in [-0.2, 0) is 26.6 Å². The quantitative estimate of drug-likeness (QED) is 0.722. The maximum absolute atomic E-state index is 12.3. The lowest BCUT2D eigenvalue weighted by Crippen LogP contribution is -2.41. The van der Waals surface area contributed by atoms with Crippen molar-refractivity contribution in [2.45, 2.75) is 31.2 Å². The largest absolute Gasteiger partial charge is 0.480 e. The number of nitrogens with one attached hydrogen (secondary N) is 1. The van der Waals surface area contributed by atoms with Crippen molar-refractivity contribution in [1.29, 1.82) is 0 Å². The molecule has 0 spiro atoms. The van der Waals surface area contributed by atoms with Crippen molar-refractivity contribution in [3.8, 4) is 0 Å². The maximum Gasteiger partial charge on any atom is 0.321 e. The summed E-state index contributed by atoms with van der Waals surface area (Å²) in [4.78, 5) is 11.1. The molecule has 114 valence electrons. The van der Waals surface area contributed by atoms with Crippen LogP contribution in [0.25, 0.3) is 0 Å². The van der Waals surface area contributed by atoms with Crippen LogP contribution in [-0.4, -0.2) is 49.0 Å². The van der Waals surface area contributed by atoms with E-state index >= 15 is 0 Å². The fraction of sp³-hybridized carbons (Fsp3) is 0.636. The van der Waals surface area contributed by atoms with Gasteiger partial charge in [0.1, 0.15) is 10.9 Å². The van der Waals surface area contributed by atoms with Crippen molar-refractivity contribution in [2.75, 3.05) is 13.7 Å². The molecule has 0 saturated heterocycles. The fourth-order valence-electron chi connectivity index (χ4n) is 1.86. The van der Waals surface area contributed by atoms with E-state index in [-0.39, 0.29) is 17.9 Å². The zero-order chi connectivity index (χ0) is 15.5. The standard InChI is InChI=1S/C11H19N3O5S/c1-7-10(8(2)14(3)12-7)20(17,18)13-9(11(15)16)5-6-19-4/h9,13H,5-6H2,1-4H3,(H,15,16). The second-order valence-electron chi connectivity index (χ2n) is 4.42. The van der Waals surface area contributed by atoms with Crippen LogP contribution >= 0.6 is 0 Å². The van der Waals surface area contributed by atoms with Crippen molar-refractivity contribution in [2.24, 2.45) is 7.05 Å². The predicted molar refractivity (Wildman–Crippen MR) is 70.9 cm³/mol. The lowest BCUT2D eigenvalue weighted by Gasteiger charge is -2.14. The molecule has 1 aromatic heterocycles. The van der Waals surface area contributed by atoms with Gasteiger partial charge in [-0.15, -0.1) is 0 Å². The van der Waals surface area contributed by atoms with Gasteiger partial charge in [0, 0.05) is 20.8 Å². The Morgan fingerprint density at radius 1 is 1.50 bits per heavy atom. The average Bonchev–Trinajstić information content (AvgIpc) is 2.58. The smallest absolute Gasteiger partial charge is 0.321 e. The van der Waals surface area contributed by atoms with E-state index in [1.54, 1.807) is 20.9 Å². The summed E-state index contributed by atoms with van der Waals surface area (Å²) in [7, 11) is -0.900. The molecule has 20 heavy (non-hydrogen) atoms. The summed E-state index contributed by atoms with van der Waals surface area (Å²) >= 11 is 0. The van der Waals surface area contributed by atoms with Gasteiger partial charge in [-0.25, -0.2) is 8.42 Å². The first-order chi connectivity index (χ1) is 9.20. The highest BCUT2D eigenvalue weighted by atomic mass is 32.2. The van der Waals surface area contributed by atoms with Gasteiger partial charge in [0.05, 0.1) is 11.4 Å². The SMILES string of the molecule is COCCC(NS(=O)(=O)c1c(C)nn(C)c1C)C(=O)O. The van der Waals surface area contributed by atoms with Gasteiger partial charge in [-0.3, -0.25) is 9.48 Å². The molecule has 1 atom stereocenters. The molecule has 0 aliphatic heterocycles. The van der Waals surface area contributed by atoms with E-state index in [9.17, 15) is 13.2 Å². The minimum absolute atomic E-state index is 0.0173. The Hall–Kier alpha value is -1.45. The third-order valence-corrected chi connectivity index (χ3v) is 4.64. The highest BCUT2D eigenvalue weighted by Gasteiger charge is 2.29. The van der Waals surface area contributed by atoms with Crippen LogP contribution in [0.2, 0.25) is 0 Å². The van der Waals surface area contributed by atoms with Gasteiger partial charge >= 0.3 is 5.97 Å². The van der Waals surface area contributed by atoms with E-state index in [2.05, 4.69) is 9.82 Å². The maximum atomic E-state index is 12.3. The second-order valence-corrected chi connectivity index (χ2v) is 6.07. The number of carbonyl (C=O) groups is 1. The number of aliphatic carboxylic acids is 1. The van der Waals surface area contributed by atoms with Gasteiger partial charge in [-0.1, -0.05) is 0 Å². The average molecular weight is 305 g/mol. The topological polar surface area (TPSA) is 111 Å². The highest BCUT2D eigenvalue weighted by molar-refractivity contribution is 7.89. The molecule has 1 rings (SSSR count). The van der Waals surface area contributed by atoms with Crippen LogP contribution in [0.3, 0.4) is 0 Å². The molecule has 8 nitrogen and oxygen atoms in total. The van der Waals surface area contributed by atoms with E-state index in [1.165, 1.54) is 11.8 Å². The molecule has 0 aliphatic carbocycles. The summed E-state index contributed by atoms with van der Waals surface area (Å²) in [5.41, 5.74) is 0.777. The molecule has 1 heterocycles. The molecule has 2 N–H and O–H groups in total. The predicted octanol–water partition coefficient (Wildman–Crippen LogP) is -0.195. The van der Waals surface area contributed by atoms with Crippen molar-refractivity contribution >= 4 is 16.0 Å². The van der Waals surface area contributed by atoms with Crippen molar-refractivity contribution in [3.05, 3.63) is 11.4 Å². The summed E-state index contributed by atoms with van der Waals surface area (Å²) in [5, 5.41) is 13.1. The van der Waals surface area contributed by atoms with E-state index in [4.69, 9.17) is 9.84 Å². The summed E-state index contributed by atoms with van der Waals surface area (Å²) in [5.74, 6) is -1.25. The van der Waals surface area contributed by atoms with Crippen molar-refractivity contribution in [3.63, 3.8) is 0 Å². The fourth-order valence-corrected chi connectivity index (χ4v) is 3.52. The molecular weight excluding hydrogens is 286 g/mol. The Kier molecular flexibility index (Phi) is 5.26. The Bertz CT molecular complexity index is 593. The lowest BCUT2D eigenvalue weighted by atomic mass is 10.2. The Labute approximate surface area is 117 Å². The third-order valence-electron chi connectivity index (χ3n) is 2.92. The van der Waals surface area contributed by atoms with E-state index in [0.29, 0.717) is 11.4 Å². The number of carboxylic acids is 1. The molecule has 9 heteroatoms. The number of nitrogens with zero attached hydrogens (tertiary/aromatic N) is 2.